The third-order valence-corrected chi connectivity index (χ3v) is 6.04. The van der Waals surface area contributed by atoms with Gasteiger partial charge in [-0.25, -0.2) is 8.42 Å². The van der Waals surface area contributed by atoms with Crippen LogP contribution in [0.2, 0.25) is 0 Å². The van der Waals surface area contributed by atoms with E-state index in [1.54, 1.807) is 38.1 Å². The zero-order valence-electron chi connectivity index (χ0n) is 18.0. The third-order valence-electron chi connectivity index (χ3n) is 4.91. The number of nitrogens with zero attached hydrogens (tertiary/aromatic N) is 2. The van der Waals surface area contributed by atoms with Crippen molar-refractivity contribution in [2.45, 2.75) is 33.4 Å². The molecule has 0 unspecified atom stereocenters. The smallest absolute Gasteiger partial charge is 0.244 e. The lowest BCUT2D eigenvalue weighted by molar-refractivity contribution is -0.139. The largest absolute Gasteiger partial charge is 0.357 e. The number of amides is 2. The first-order valence-electron chi connectivity index (χ1n) is 9.64. The molecule has 1 N–H and O–H groups in total. The first-order chi connectivity index (χ1) is 14.0. The third kappa shape index (κ3) is 5.82. The zero-order valence-corrected chi connectivity index (χ0v) is 18.9. The fraction of sp³-hybridized carbons (Fsp3) is 0.364. The Morgan fingerprint density at radius 3 is 2.30 bits per heavy atom. The van der Waals surface area contributed by atoms with Gasteiger partial charge >= 0.3 is 0 Å². The molecule has 7 nitrogen and oxygen atoms in total. The molecule has 0 bridgehead atoms. The van der Waals surface area contributed by atoms with Crippen molar-refractivity contribution in [3.8, 4) is 0 Å². The van der Waals surface area contributed by atoms with Crippen LogP contribution in [0.5, 0.6) is 0 Å². The summed E-state index contributed by atoms with van der Waals surface area (Å²) in [5.41, 5.74) is 3.07. The van der Waals surface area contributed by atoms with Gasteiger partial charge in [0.1, 0.15) is 12.6 Å². The average molecular weight is 432 g/mol. The maximum Gasteiger partial charge on any atom is 0.244 e. The Bertz CT molecular complexity index is 1020. The number of hydrogen-bond acceptors (Lipinski definition) is 4. The second kappa shape index (κ2) is 9.75. The monoisotopic (exact) mass is 431 g/mol. The second-order valence-corrected chi connectivity index (χ2v) is 9.26. The van der Waals surface area contributed by atoms with Crippen molar-refractivity contribution in [3.63, 3.8) is 0 Å². The number of para-hydroxylation sites is 1. The number of sulfonamides is 1. The van der Waals surface area contributed by atoms with Crippen LogP contribution < -0.4 is 9.62 Å². The Morgan fingerprint density at radius 1 is 1.07 bits per heavy atom. The minimum absolute atomic E-state index is 0.195. The van der Waals surface area contributed by atoms with Crippen molar-refractivity contribution < 1.29 is 18.0 Å². The van der Waals surface area contributed by atoms with Gasteiger partial charge in [-0.15, -0.1) is 0 Å². The van der Waals surface area contributed by atoms with E-state index < -0.39 is 28.5 Å². The summed E-state index contributed by atoms with van der Waals surface area (Å²) >= 11 is 0. The zero-order chi connectivity index (χ0) is 22.5. The summed E-state index contributed by atoms with van der Waals surface area (Å²) in [7, 11) is -2.21. The molecule has 0 aliphatic rings. The Kier molecular flexibility index (Phi) is 7.61. The maximum atomic E-state index is 13.3. The van der Waals surface area contributed by atoms with Crippen LogP contribution in [0.1, 0.15) is 23.6 Å². The summed E-state index contributed by atoms with van der Waals surface area (Å²) in [5.74, 6) is -0.779. The molecule has 0 radical (unpaired) electrons. The van der Waals surface area contributed by atoms with Crippen LogP contribution in [0.3, 0.4) is 0 Å². The molecule has 0 aliphatic carbocycles. The van der Waals surface area contributed by atoms with Gasteiger partial charge in [-0.2, -0.15) is 0 Å². The van der Waals surface area contributed by atoms with Gasteiger partial charge in [0.05, 0.1) is 11.9 Å². The molecule has 0 saturated carbocycles. The van der Waals surface area contributed by atoms with Crippen LogP contribution in [0.4, 0.5) is 5.69 Å². The van der Waals surface area contributed by atoms with E-state index in [1.165, 1.54) is 11.9 Å². The molecule has 162 valence electrons. The number of hydrogen-bond donors (Lipinski definition) is 1. The van der Waals surface area contributed by atoms with Crippen LogP contribution in [0.25, 0.3) is 0 Å². The molecule has 1 atom stereocenters. The second-order valence-electron chi connectivity index (χ2n) is 7.36. The first kappa shape index (κ1) is 23.4. The Balaban J connectivity index is 2.40. The van der Waals surface area contributed by atoms with Gasteiger partial charge in [-0.05, 0) is 38.0 Å². The van der Waals surface area contributed by atoms with E-state index in [0.717, 1.165) is 27.3 Å². The lowest BCUT2D eigenvalue weighted by Gasteiger charge is -2.31. The highest BCUT2D eigenvalue weighted by atomic mass is 32.2. The van der Waals surface area contributed by atoms with Crippen molar-refractivity contribution in [1.82, 2.24) is 10.2 Å². The summed E-state index contributed by atoms with van der Waals surface area (Å²) in [6, 6.07) is 13.9. The molecule has 0 fully saturated rings. The van der Waals surface area contributed by atoms with Crippen LogP contribution in [0, 0.1) is 13.8 Å². The predicted molar refractivity (Wildman–Crippen MR) is 119 cm³/mol. The molecule has 2 aromatic carbocycles. The highest BCUT2D eigenvalue weighted by Crippen LogP contribution is 2.22. The molecule has 2 amide bonds. The van der Waals surface area contributed by atoms with E-state index in [2.05, 4.69) is 5.32 Å². The fourth-order valence-corrected chi connectivity index (χ4v) is 4.14. The molecule has 30 heavy (non-hydrogen) atoms. The van der Waals surface area contributed by atoms with Crippen LogP contribution in [0.15, 0.2) is 48.5 Å². The van der Waals surface area contributed by atoms with Crippen molar-refractivity contribution in [2.24, 2.45) is 0 Å². The number of nitrogens with one attached hydrogen (secondary N) is 1. The molecule has 2 aromatic rings. The molecule has 0 spiro atoms. The summed E-state index contributed by atoms with van der Waals surface area (Å²) in [6.07, 6.45) is 1.07. The molecule has 8 heteroatoms. The predicted octanol–water partition coefficient (Wildman–Crippen LogP) is 2.23. The quantitative estimate of drug-likeness (QED) is 0.694. The number of aryl methyl sites for hydroxylation is 2. The molecule has 0 aliphatic heterocycles. The normalized spacial score (nSPS) is 12.2. The van der Waals surface area contributed by atoms with E-state index in [1.807, 2.05) is 31.2 Å². The van der Waals surface area contributed by atoms with Gasteiger partial charge in [0.2, 0.25) is 21.8 Å². The van der Waals surface area contributed by atoms with Crippen LogP contribution >= 0.6 is 0 Å². The summed E-state index contributed by atoms with van der Waals surface area (Å²) < 4.78 is 26.0. The van der Waals surface area contributed by atoms with Gasteiger partial charge in [-0.1, -0.05) is 48.0 Å². The van der Waals surface area contributed by atoms with E-state index >= 15 is 0 Å². The van der Waals surface area contributed by atoms with E-state index in [-0.39, 0.29) is 12.5 Å². The van der Waals surface area contributed by atoms with E-state index in [4.69, 9.17) is 0 Å². The lowest BCUT2D eigenvalue weighted by Crippen LogP contribution is -2.50. The SMILES string of the molecule is CNC(=O)[C@@H](C)N(Cc1cccc(C)c1)C(=O)CN(c1ccccc1C)S(C)(=O)=O. The topological polar surface area (TPSA) is 86.8 Å². The number of rotatable bonds is 8. The van der Waals surface area contributed by atoms with Crippen molar-refractivity contribution >= 4 is 27.5 Å². The highest BCUT2D eigenvalue weighted by Gasteiger charge is 2.30. The minimum atomic E-state index is -3.71. The van der Waals surface area contributed by atoms with Gasteiger partial charge < -0.3 is 10.2 Å². The molecular weight excluding hydrogens is 402 g/mol. The lowest BCUT2D eigenvalue weighted by atomic mass is 10.1. The maximum absolute atomic E-state index is 13.3. The molecular formula is C22H29N3O4S. The number of benzene rings is 2. The van der Waals surface area contributed by atoms with E-state index in [0.29, 0.717) is 5.69 Å². The minimum Gasteiger partial charge on any atom is -0.357 e. The average Bonchev–Trinajstić information content (AvgIpc) is 2.69. The Hall–Kier alpha value is -2.87. The van der Waals surface area contributed by atoms with Crippen LogP contribution in [-0.2, 0) is 26.2 Å². The van der Waals surface area contributed by atoms with Crippen LogP contribution in [-0.4, -0.2) is 51.0 Å². The van der Waals surface area contributed by atoms with Crippen molar-refractivity contribution in [1.29, 1.82) is 0 Å². The van der Waals surface area contributed by atoms with E-state index in [9.17, 15) is 18.0 Å². The number of anilines is 1. The Morgan fingerprint density at radius 2 is 1.73 bits per heavy atom. The molecule has 0 saturated heterocycles. The number of likely N-dealkylation sites (N-methyl/N-ethyl adjacent to an activating group) is 1. The Labute approximate surface area is 178 Å². The van der Waals surface area contributed by atoms with Crippen molar-refractivity contribution in [3.05, 3.63) is 65.2 Å². The van der Waals surface area contributed by atoms with Gasteiger partial charge in [0.25, 0.3) is 0 Å². The standard InChI is InChI=1S/C22H29N3O4S/c1-16-9-8-11-19(13-16)14-24(18(3)22(27)23-4)21(26)15-25(30(5,28)29)20-12-7-6-10-17(20)2/h6-13,18H,14-15H2,1-5H3,(H,23,27)/t18-/m1/s1. The highest BCUT2D eigenvalue weighted by molar-refractivity contribution is 7.92. The number of carbonyl (C=O) groups is 2. The van der Waals surface area contributed by atoms with Gasteiger partial charge in [0, 0.05) is 13.6 Å². The van der Waals surface area contributed by atoms with Gasteiger partial charge in [-0.3, -0.25) is 13.9 Å². The number of carbonyl (C=O) groups excluding carboxylic acids is 2. The van der Waals surface area contributed by atoms with Crippen molar-refractivity contribution in [2.75, 3.05) is 24.2 Å². The first-order valence-corrected chi connectivity index (χ1v) is 11.5. The summed E-state index contributed by atoms with van der Waals surface area (Å²) in [5, 5.41) is 2.56. The summed E-state index contributed by atoms with van der Waals surface area (Å²) in [6.45, 7) is 5.17. The summed E-state index contributed by atoms with van der Waals surface area (Å²) in [4.78, 5) is 27.0. The molecule has 0 heterocycles. The van der Waals surface area contributed by atoms with Gasteiger partial charge in [0.15, 0.2) is 0 Å². The molecule has 0 aromatic heterocycles. The molecule has 2 rings (SSSR count). The fourth-order valence-electron chi connectivity index (χ4n) is 3.24.